The van der Waals surface area contributed by atoms with E-state index in [0.717, 1.165) is 26.2 Å². The second-order valence-electron chi connectivity index (χ2n) is 6.61. The van der Waals surface area contributed by atoms with Crippen molar-refractivity contribution in [3.05, 3.63) is 0 Å². The summed E-state index contributed by atoms with van der Waals surface area (Å²) < 4.78 is 0. The first kappa shape index (κ1) is 13.3. The molecule has 0 spiro atoms. The lowest BCUT2D eigenvalue weighted by Crippen LogP contribution is -2.63. The number of aliphatic hydroxyl groups is 1. The summed E-state index contributed by atoms with van der Waals surface area (Å²) in [7, 11) is 2.18. The van der Waals surface area contributed by atoms with Crippen LogP contribution in [0, 0.1) is 5.92 Å². The summed E-state index contributed by atoms with van der Waals surface area (Å²) in [6.07, 6.45) is 2.38. The molecule has 100 valence electrons. The first-order valence-electron chi connectivity index (χ1n) is 6.71. The van der Waals surface area contributed by atoms with E-state index in [1.165, 1.54) is 12.8 Å². The summed E-state index contributed by atoms with van der Waals surface area (Å²) in [6.45, 7) is 8.68. The molecule has 3 N–H and O–H groups in total. The molecule has 1 aliphatic carbocycles. The molecule has 0 bridgehead atoms. The average molecular weight is 241 g/mol. The minimum Gasteiger partial charge on any atom is -0.394 e. The maximum atomic E-state index is 9.55. The van der Waals surface area contributed by atoms with E-state index in [-0.39, 0.29) is 17.7 Å². The molecule has 0 aromatic rings. The number of nitrogens with two attached hydrogens (primary N) is 1. The Balaban J connectivity index is 1.95. The molecular weight excluding hydrogens is 214 g/mol. The van der Waals surface area contributed by atoms with Gasteiger partial charge in [0.2, 0.25) is 0 Å². The van der Waals surface area contributed by atoms with Crippen molar-refractivity contribution in [1.29, 1.82) is 0 Å². The molecule has 2 rings (SSSR count). The predicted octanol–water partition coefficient (Wildman–Crippen LogP) is 0.112. The minimum atomic E-state index is -0.369. The lowest BCUT2D eigenvalue weighted by atomic mass is 9.92. The van der Waals surface area contributed by atoms with Gasteiger partial charge in [0.15, 0.2) is 0 Å². The lowest BCUT2D eigenvalue weighted by Gasteiger charge is -2.47. The predicted molar refractivity (Wildman–Crippen MR) is 69.9 cm³/mol. The Kier molecular flexibility index (Phi) is 3.51. The molecule has 1 aliphatic heterocycles. The first-order valence-corrected chi connectivity index (χ1v) is 6.71. The van der Waals surface area contributed by atoms with Gasteiger partial charge in [0.1, 0.15) is 0 Å². The Morgan fingerprint density at radius 3 is 2.47 bits per heavy atom. The second-order valence-corrected chi connectivity index (χ2v) is 6.61. The van der Waals surface area contributed by atoms with Crippen molar-refractivity contribution in [2.75, 3.05) is 39.8 Å². The Morgan fingerprint density at radius 2 is 2.00 bits per heavy atom. The Morgan fingerprint density at radius 1 is 1.35 bits per heavy atom. The summed E-state index contributed by atoms with van der Waals surface area (Å²) in [5.41, 5.74) is 6.19. The average Bonchev–Trinajstić information content (AvgIpc) is 3.07. The van der Waals surface area contributed by atoms with Crippen LogP contribution in [0.3, 0.4) is 0 Å². The van der Waals surface area contributed by atoms with Gasteiger partial charge in [-0.3, -0.25) is 9.80 Å². The zero-order chi connectivity index (χ0) is 12.7. The van der Waals surface area contributed by atoms with E-state index in [1.807, 2.05) is 0 Å². The van der Waals surface area contributed by atoms with E-state index in [0.29, 0.717) is 5.92 Å². The van der Waals surface area contributed by atoms with Crippen LogP contribution in [-0.2, 0) is 0 Å². The highest BCUT2D eigenvalue weighted by molar-refractivity contribution is 5.02. The number of likely N-dealkylation sites (N-methyl/N-ethyl adjacent to an activating group) is 1. The summed E-state index contributed by atoms with van der Waals surface area (Å²) in [4.78, 5) is 4.83. The topological polar surface area (TPSA) is 52.7 Å². The maximum Gasteiger partial charge on any atom is 0.0626 e. The monoisotopic (exact) mass is 241 g/mol. The second kappa shape index (κ2) is 4.50. The molecule has 1 saturated carbocycles. The fourth-order valence-corrected chi connectivity index (χ4v) is 2.86. The van der Waals surface area contributed by atoms with E-state index in [1.54, 1.807) is 0 Å². The van der Waals surface area contributed by atoms with Crippen LogP contribution in [0.2, 0.25) is 0 Å². The zero-order valence-electron chi connectivity index (χ0n) is 11.4. The van der Waals surface area contributed by atoms with Crippen molar-refractivity contribution >= 4 is 0 Å². The summed E-state index contributed by atoms with van der Waals surface area (Å²) in [5, 5.41) is 9.55. The van der Waals surface area contributed by atoms with Crippen molar-refractivity contribution in [1.82, 2.24) is 9.80 Å². The number of piperazine rings is 1. The molecule has 1 heterocycles. The van der Waals surface area contributed by atoms with Crippen LogP contribution in [0.15, 0.2) is 0 Å². The summed E-state index contributed by atoms with van der Waals surface area (Å²) in [6, 6.07) is 0. The number of nitrogens with zero attached hydrogens (tertiary/aromatic N) is 2. The number of hydrogen-bond acceptors (Lipinski definition) is 4. The fraction of sp³-hybridized carbons (Fsp3) is 1.00. The van der Waals surface area contributed by atoms with Crippen molar-refractivity contribution < 1.29 is 5.11 Å². The smallest absolute Gasteiger partial charge is 0.0626 e. The van der Waals surface area contributed by atoms with Crippen LogP contribution in [-0.4, -0.2) is 65.8 Å². The molecule has 0 amide bonds. The van der Waals surface area contributed by atoms with Crippen LogP contribution in [0.25, 0.3) is 0 Å². The van der Waals surface area contributed by atoms with Crippen LogP contribution in [0.5, 0.6) is 0 Å². The number of aliphatic hydroxyl groups excluding tert-OH is 1. The molecule has 2 aliphatic rings. The molecule has 1 unspecified atom stereocenters. The molecule has 4 nitrogen and oxygen atoms in total. The van der Waals surface area contributed by atoms with Crippen molar-refractivity contribution in [2.24, 2.45) is 11.7 Å². The van der Waals surface area contributed by atoms with E-state index in [4.69, 9.17) is 5.73 Å². The van der Waals surface area contributed by atoms with Gasteiger partial charge in [0.05, 0.1) is 12.1 Å². The molecule has 2 fully saturated rings. The van der Waals surface area contributed by atoms with Crippen molar-refractivity contribution in [3.8, 4) is 0 Å². The van der Waals surface area contributed by atoms with Gasteiger partial charge < -0.3 is 10.8 Å². The summed E-state index contributed by atoms with van der Waals surface area (Å²) in [5.74, 6) is 0.537. The summed E-state index contributed by atoms with van der Waals surface area (Å²) >= 11 is 0. The SMILES string of the molecule is CN1CCN(CC(N)(CO)C2CC2)CC1(C)C. The molecule has 0 aromatic heterocycles. The van der Waals surface area contributed by atoms with E-state index in [2.05, 4.69) is 30.7 Å². The highest BCUT2D eigenvalue weighted by Crippen LogP contribution is 2.38. The van der Waals surface area contributed by atoms with Gasteiger partial charge in [-0.05, 0) is 39.7 Å². The van der Waals surface area contributed by atoms with E-state index < -0.39 is 0 Å². The van der Waals surface area contributed by atoms with Gasteiger partial charge in [-0.25, -0.2) is 0 Å². The van der Waals surface area contributed by atoms with Gasteiger partial charge >= 0.3 is 0 Å². The minimum absolute atomic E-state index is 0.116. The van der Waals surface area contributed by atoms with Crippen LogP contribution >= 0.6 is 0 Å². The molecule has 0 aromatic carbocycles. The van der Waals surface area contributed by atoms with Gasteiger partial charge in [0.25, 0.3) is 0 Å². The normalized spacial score (nSPS) is 30.2. The molecule has 1 atom stereocenters. The Bertz CT molecular complexity index is 278. The molecule has 0 radical (unpaired) electrons. The Labute approximate surface area is 105 Å². The Hall–Kier alpha value is -0.160. The highest BCUT2D eigenvalue weighted by Gasteiger charge is 2.44. The van der Waals surface area contributed by atoms with Crippen LogP contribution < -0.4 is 5.73 Å². The van der Waals surface area contributed by atoms with Gasteiger partial charge in [-0.1, -0.05) is 0 Å². The highest BCUT2D eigenvalue weighted by atomic mass is 16.3. The fourth-order valence-electron chi connectivity index (χ4n) is 2.86. The maximum absolute atomic E-state index is 9.55. The van der Waals surface area contributed by atoms with Gasteiger partial charge in [0, 0.05) is 31.7 Å². The molecule has 17 heavy (non-hydrogen) atoms. The standard InChI is InChI=1S/C13H27N3O/c1-12(2)8-16(7-6-15(12)3)9-13(14,10-17)11-4-5-11/h11,17H,4-10,14H2,1-3H3. The van der Waals surface area contributed by atoms with Crippen LogP contribution in [0.4, 0.5) is 0 Å². The van der Waals surface area contributed by atoms with Gasteiger partial charge in [-0.15, -0.1) is 0 Å². The molecular formula is C13H27N3O. The number of hydrogen-bond donors (Lipinski definition) is 2. The molecule has 1 saturated heterocycles. The van der Waals surface area contributed by atoms with Crippen molar-refractivity contribution in [3.63, 3.8) is 0 Å². The quantitative estimate of drug-likeness (QED) is 0.734. The van der Waals surface area contributed by atoms with E-state index in [9.17, 15) is 5.11 Å². The first-order chi connectivity index (χ1) is 7.87. The third-order valence-corrected chi connectivity index (χ3v) is 4.60. The largest absolute Gasteiger partial charge is 0.394 e. The third kappa shape index (κ3) is 2.81. The zero-order valence-corrected chi connectivity index (χ0v) is 11.4. The third-order valence-electron chi connectivity index (χ3n) is 4.60. The molecule has 4 heteroatoms. The van der Waals surface area contributed by atoms with E-state index >= 15 is 0 Å². The lowest BCUT2D eigenvalue weighted by molar-refractivity contribution is 0.0174. The number of rotatable bonds is 4. The van der Waals surface area contributed by atoms with Gasteiger partial charge in [-0.2, -0.15) is 0 Å². The van der Waals surface area contributed by atoms with Crippen LogP contribution in [0.1, 0.15) is 26.7 Å². The van der Waals surface area contributed by atoms with Crippen molar-refractivity contribution in [2.45, 2.75) is 37.8 Å².